The Morgan fingerprint density at radius 1 is 0.246 bits per heavy atom. The lowest BCUT2D eigenvalue weighted by Gasteiger charge is -2.27. The second-order valence-corrected chi connectivity index (χ2v) is 15.3. The van der Waals surface area contributed by atoms with E-state index in [2.05, 4.69) is 240 Å². The SMILES string of the molecule is c1ccc(-c2ccc(N(c3ccc(-c4ccccc4)cc3)c3ccc(-c4ccc(N(c5cccc6ccccc56)c5cccc6c5oc5ccccc56)cc4)cc3)cc2)cc1. The Morgan fingerprint density at radius 3 is 1.16 bits per heavy atom. The molecule has 0 N–H and O–H groups in total. The summed E-state index contributed by atoms with van der Waals surface area (Å²) in [7, 11) is 0. The standard InChI is InChI=1S/C58H40N2O/c1-3-13-41(14-4-1)43-25-33-48(34-26-43)59(49-35-27-44(28-36-49)42-15-5-2-6-16-42)50-37-29-45(30-38-50)46-31-39-51(40-32-46)60(55-22-11-18-47-17-7-8-19-52(47)55)56-23-12-21-54-53-20-9-10-24-57(53)61-58(54)56/h1-40H. The quantitative estimate of drug-likeness (QED) is 0.145. The number of rotatable bonds is 9. The van der Waals surface area contributed by atoms with E-state index < -0.39 is 0 Å². The van der Waals surface area contributed by atoms with Crippen LogP contribution in [0.2, 0.25) is 0 Å². The lowest BCUT2D eigenvalue weighted by atomic mass is 10.0. The molecule has 0 bridgehead atoms. The molecule has 0 spiro atoms. The largest absolute Gasteiger partial charge is 0.454 e. The van der Waals surface area contributed by atoms with Crippen molar-refractivity contribution in [2.45, 2.75) is 0 Å². The second kappa shape index (κ2) is 15.6. The number of nitrogens with zero attached hydrogens (tertiary/aromatic N) is 2. The summed E-state index contributed by atoms with van der Waals surface area (Å²) in [6.45, 7) is 0. The fourth-order valence-electron chi connectivity index (χ4n) is 8.64. The molecule has 11 rings (SSSR count). The van der Waals surface area contributed by atoms with Gasteiger partial charge in [-0.1, -0.05) is 176 Å². The number of hydrogen-bond donors (Lipinski definition) is 0. The molecule has 3 nitrogen and oxygen atoms in total. The molecule has 0 unspecified atom stereocenters. The first-order chi connectivity index (χ1) is 30.2. The van der Waals surface area contributed by atoms with Gasteiger partial charge in [-0.3, -0.25) is 0 Å². The zero-order valence-corrected chi connectivity index (χ0v) is 33.4. The Morgan fingerprint density at radius 2 is 0.623 bits per heavy atom. The van der Waals surface area contributed by atoms with Gasteiger partial charge in [0.05, 0.1) is 11.4 Å². The van der Waals surface area contributed by atoms with Crippen LogP contribution in [0, 0.1) is 0 Å². The van der Waals surface area contributed by atoms with Gasteiger partial charge in [-0.2, -0.15) is 0 Å². The van der Waals surface area contributed by atoms with E-state index in [1.807, 2.05) is 12.1 Å². The average molecular weight is 781 g/mol. The number of para-hydroxylation sites is 2. The molecule has 11 aromatic rings. The van der Waals surface area contributed by atoms with Crippen molar-refractivity contribution < 1.29 is 4.42 Å². The molecule has 61 heavy (non-hydrogen) atoms. The third-order valence-electron chi connectivity index (χ3n) is 11.7. The molecule has 1 aromatic heterocycles. The van der Waals surface area contributed by atoms with Gasteiger partial charge in [-0.05, 0) is 105 Å². The predicted octanol–water partition coefficient (Wildman–Crippen LogP) is 16.7. The summed E-state index contributed by atoms with van der Waals surface area (Å²) in [5.41, 5.74) is 15.2. The zero-order valence-electron chi connectivity index (χ0n) is 33.4. The van der Waals surface area contributed by atoms with Gasteiger partial charge in [0.15, 0.2) is 5.58 Å². The second-order valence-electron chi connectivity index (χ2n) is 15.3. The number of furan rings is 1. The molecule has 1 heterocycles. The van der Waals surface area contributed by atoms with Crippen molar-refractivity contribution in [2.75, 3.05) is 9.80 Å². The molecule has 0 aliphatic heterocycles. The first-order valence-corrected chi connectivity index (χ1v) is 20.7. The Labute approximate surface area is 355 Å². The van der Waals surface area contributed by atoms with Crippen molar-refractivity contribution in [3.8, 4) is 33.4 Å². The fraction of sp³-hybridized carbons (Fsp3) is 0. The summed E-state index contributed by atoms with van der Waals surface area (Å²) in [6.07, 6.45) is 0. The fourth-order valence-corrected chi connectivity index (χ4v) is 8.64. The number of hydrogen-bond acceptors (Lipinski definition) is 3. The summed E-state index contributed by atoms with van der Waals surface area (Å²) in [4.78, 5) is 4.67. The van der Waals surface area contributed by atoms with E-state index >= 15 is 0 Å². The molecule has 0 fully saturated rings. The third-order valence-corrected chi connectivity index (χ3v) is 11.7. The summed E-state index contributed by atoms with van der Waals surface area (Å²) in [5.74, 6) is 0. The van der Waals surface area contributed by atoms with Crippen LogP contribution in [0.5, 0.6) is 0 Å². The molecule has 0 radical (unpaired) electrons. The molecule has 0 aliphatic carbocycles. The van der Waals surface area contributed by atoms with Crippen molar-refractivity contribution in [3.63, 3.8) is 0 Å². The van der Waals surface area contributed by atoms with Crippen molar-refractivity contribution in [1.82, 2.24) is 0 Å². The highest BCUT2D eigenvalue weighted by atomic mass is 16.3. The van der Waals surface area contributed by atoms with Gasteiger partial charge in [0.25, 0.3) is 0 Å². The molecule has 3 heteroatoms. The molecule has 0 saturated heterocycles. The maximum absolute atomic E-state index is 6.61. The molecule has 288 valence electrons. The Balaban J connectivity index is 0.959. The number of benzene rings is 10. The van der Waals surface area contributed by atoms with Crippen LogP contribution in [0.25, 0.3) is 66.1 Å². The van der Waals surface area contributed by atoms with Crippen molar-refractivity contribution in [3.05, 3.63) is 243 Å². The highest BCUT2D eigenvalue weighted by Crippen LogP contribution is 2.45. The minimum Gasteiger partial charge on any atom is -0.454 e. The van der Waals surface area contributed by atoms with Crippen LogP contribution in [-0.4, -0.2) is 0 Å². The molecule has 0 aliphatic rings. The van der Waals surface area contributed by atoms with E-state index in [0.717, 1.165) is 67.2 Å². The topological polar surface area (TPSA) is 19.6 Å². The van der Waals surface area contributed by atoms with Gasteiger partial charge in [0, 0.05) is 38.9 Å². The summed E-state index contributed by atoms with van der Waals surface area (Å²) >= 11 is 0. The normalized spacial score (nSPS) is 11.3. The van der Waals surface area contributed by atoms with Gasteiger partial charge in [0.2, 0.25) is 0 Å². The van der Waals surface area contributed by atoms with E-state index in [1.54, 1.807) is 0 Å². The molecule has 10 aromatic carbocycles. The molecular formula is C58H40N2O. The van der Waals surface area contributed by atoms with E-state index in [9.17, 15) is 0 Å². The first kappa shape index (κ1) is 36.0. The highest BCUT2D eigenvalue weighted by Gasteiger charge is 2.21. The highest BCUT2D eigenvalue weighted by molar-refractivity contribution is 6.11. The Kier molecular flexibility index (Phi) is 9.18. The number of anilines is 6. The smallest absolute Gasteiger partial charge is 0.159 e. The lowest BCUT2D eigenvalue weighted by Crippen LogP contribution is -2.10. The average Bonchev–Trinajstić information content (AvgIpc) is 3.73. The lowest BCUT2D eigenvalue weighted by molar-refractivity contribution is 0.669. The van der Waals surface area contributed by atoms with Gasteiger partial charge in [-0.25, -0.2) is 0 Å². The Hall–Kier alpha value is -8.14. The van der Waals surface area contributed by atoms with Crippen LogP contribution < -0.4 is 9.80 Å². The van der Waals surface area contributed by atoms with Crippen molar-refractivity contribution in [2.24, 2.45) is 0 Å². The summed E-state index contributed by atoms with van der Waals surface area (Å²) in [5, 5.41) is 4.57. The van der Waals surface area contributed by atoms with Gasteiger partial charge >= 0.3 is 0 Å². The maximum atomic E-state index is 6.61. The van der Waals surface area contributed by atoms with Crippen LogP contribution in [-0.2, 0) is 0 Å². The maximum Gasteiger partial charge on any atom is 0.159 e. The predicted molar refractivity (Wildman–Crippen MR) is 257 cm³/mol. The van der Waals surface area contributed by atoms with Crippen LogP contribution >= 0.6 is 0 Å². The summed E-state index contributed by atoms with van der Waals surface area (Å²) < 4.78 is 6.61. The van der Waals surface area contributed by atoms with Gasteiger partial charge < -0.3 is 14.2 Å². The first-order valence-electron chi connectivity index (χ1n) is 20.7. The minimum absolute atomic E-state index is 0.866. The van der Waals surface area contributed by atoms with E-state index in [1.165, 1.54) is 33.0 Å². The van der Waals surface area contributed by atoms with E-state index in [4.69, 9.17) is 4.42 Å². The summed E-state index contributed by atoms with van der Waals surface area (Å²) in [6, 6.07) is 86.4. The van der Waals surface area contributed by atoms with Crippen LogP contribution in [0.3, 0.4) is 0 Å². The van der Waals surface area contributed by atoms with E-state index in [-0.39, 0.29) is 0 Å². The zero-order chi connectivity index (χ0) is 40.5. The molecular weight excluding hydrogens is 741 g/mol. The molecule has 0 amide bonds. The van der Waals surface area contributed by atoms with E-state index in [0.29, 0.717) is 0 Å². The molecule has 0 atom stereocenters. The van der Waals surface area contributed by atoms with Gasteiger partial charge in [0.1, 0.15) is 5.58 Å². The van der Waals surface area contributed by atoms with Gasteiger partial charge in [-0.15, -0.1) is 0 Å². The van der Waals surface area contributed by atoms with Crippen molar-refractivity contribution >= 4 is 66.8 Å². The van der Waals surface area contributed by atoms with Crippen LogP contribution in [0.15, 0.2) is 247 Å². The van der Waals surface area contributed by atoms with Crippen LogP contribution in [0.4, 0.5) is 34.1 Å². The Bertz CT molecular complexity index is 3180. The third kappa shape index (κ3) is 6.78. The minimum atomic E-state index is 0.866. The van der Waals surface area contributed by atoms with Crippen molar-refractivity contribution in [1.29, 1.82) is 0 Å². The number of fused-ring (bicyclic) bond motifs is 4. The monoisotopic (exact) mass is 780 g/mol. The molecule has 0 saturated carbocycles. The van der Waals surface area contributed by atoms with Crippen LogP contribution in [0.1, 0.15) is 0 Å².